The van der Waals surface area contributed by atoms with E-state index in [2.05, 4.69) is 21.7 Å². The van der Waals surface area contributed by atoms with Gasteiger partial charge in [-0.25, -0.2) is 4.36 Å². The van der Waals surface area contributed by atoms with Crippen LogP contribution in [0.1, 0.15) is 25.7 Å². The number of rotatable bonds is 5. The topological polar surface area (TPSA) is 15.6 Å². The van der Waals surface area contributed by atoms with E-state index in [0.717, 1.165) is 6.54 Å². The van der Waals surface area contributed by atoms with Crippen molar-refractivity contribution in [2.75, 3.05) is 26.2 Å². The number of likely N-dealkylation sites (tertiary alicyclic amines) is 1. The Kier molecular flexibility index (Phi) is 4.62. The molecule has 1 aliphatic heterocycles. The molecule has 0 saturated carbocycles. The van der Waals surface area contributed by atoms with E-state index in [-0.39, 0.29) is 0 Å². The van der Waals surface area contributed by atoms with Crippen LogP contribution in [0.2, 0.25) is 0 Å². The summed E-state index contributed by atoms with van der Waals surface area (Å²) in [6.07, 6.45) is 5.22. The Morgan fingerprint density at radius 1 is 1.18 bits per heavy atom. The van der Waals surface area contributed by atoms with Crippen molar-refractivity contribution >= 4 is 12.4 Å². The molecule has 0 atom stereocenters. The molecule has 64 valence electrons. The number of unbranched alkanes of at least 4 members (excludes halogenated alkanes) is 1. The van der Waals surface area contributed by atoms with Crippen LogP contribution < -0.4 is 0 Å². The third-order valence-corrected chi connectivity index (χ3v) is 2.36. The molecule has 0 aromatic carbocycles. The second-order valence-electron chi connectivity index (χ2n) is 3.11. The van der Waals surface area contributed by atoms with E-state index in [9.17, 15) is 0 Å². The van der Waals surface area contributed by atoms with Crippen LogP contribution in [0.15, 0.2) is 4.36 Å². The maximum Gasteiger partial charge on any atom is 0.0521 e. The highest BCUT2D eigenvalue weighted by molar-refractivity contribution is 7.47. The standard InChI is InChI=1S/C8H16N2S/c11-9-5-1-2-6-10-7-3-4-8-10/h1-8H2. The molecule has 11 heavy (non-hydrogen) atoms. The fourth-order valence-electron chi connectivity index (χ4n) is 1.52. The van der Waals surface area contributed by atoms with Gasteiger partial charge in [-0.1, -0.05) is 0 Å². The van der Waals surface area contributed by atoms with Crippen LogP contribution in [0.25, 0.3) is 0 Å². The van der Waals surface area contributed by atoms with Crippen LogP contribution >= 0.6 is 0 Å². The normalized spacial score (nSPS) is 18.9. The van der Waals surface area contributed by atoms with Gasteiger partial charge in [0.1, 0.15) is 0 Å². The SMILES string of the molecule is S=NCCCCN1CCCC1. The summed E-state index contributed by atoms with van der Waals surface area (Å²) in [5, 5.41) is 0. The van der Waals surface area contributed by atoms with Crippen LogP contribution in [-0.4, -0.2) is 31.1 Å². The molecule has 1 saturated heterocycles. The molecule has 0 unspecified atom stereocenters. The van der Waals surface area contributed by atoms with Crippen LogP contribution in [-0.2, 0) is 12.4 Å². The Balaban J connectivity index is 1.89. The Morgan fingerprint density at radius 2 is 1.91 bits per heavy atom. The molecular formula is C8H16N2S. The quantitative estimate of drug-likeness (QED) is 0.585. The number of hydrogen-bond acceptors (Lipinski definition) is 3. The van der Waals surface area contributed by atoms with Crippen LogP contribution in [0.5, 0.6) is 0 Å². The van der Waals surface area contributed by atoms with Crippen molar-refractivity contribution < 1.29 is 0 Å². The monoisotopic (exact) mass is 172 g/mol. The second kappa shape index (κ2) is 5.61. The predicted molar refractivity (Wildman–Crippen MR) is 49.6 cm³/mol. The summed E-state index contributed by atoms with van der Waals surface area (Å²) in [6.45, 7) is 4.74. The van der Waals surface area contributed by atoms with E-state index in [1.165, 1.54) is 45.3 Å². The Labute approximate surface area is 74.1 Å². The molecule has 1 heterocycles. The van der Waals surface area contributed by atoms with Gasteiger partial charge in [0.2, 0.25) is 0 Å². The first-order valence-corrected chi connectivity index (χ1v) is 4.81. The summed E-state index contributed by atoms with van der Waals surface area (Å²) in [6, 6.07) is 0. The summed E-state index contributed by atoms with van der Waals surface area (Å²) in [5.41, 5.74) is 0. The molecule has 0 aliphatic carbocycles. The largest absolute Gasteiger partial charge is 0.303 e. The highest BCUT2D eigenvalue weighted by atomic mass is 32.1. The maximum atomic E-state index is 4.51. The van der Waals surface area contributed by atoms with E-state index in [0.29, 0.717) is 0 Å². The van der Waals surface area contributed by atoms with Gasteiger partial charge in [-0.2, -0.15) is 0 Å². The van der Waals surface area contributed by atoms with Gasteiger partial charge in [-0.15, -0.1) is 0 Å². The lowest BCUT2D eigenvalue weighted by atomic mass is 10.3. The fourth-order valence-corrected chi connectivity index (χ4v) is 1.65. The molecule has 0 aromatic rings. The van der Waals surface area contributed by atoms with Crippen molar-refractivity contribution in [3.63, 3.8) is 0 Å². The minimum Gasteiger partial charge on any atom is -0.303 e. The molecule has 1 fully saturated rings. The van der Waals surface area contributed by atoms with E-state index in [1.54, 1.807) is 0 Å². The van der Waals surface area contributed by atoms with E-state index in [1.807, 2.05) is 0 Å². The summed E-state index contributed by atoms with van der Waals surface area (Å²) in [5.74, 6) is 0. The summed E-state index contributed by atoms with van der Waals surface area (Å²) in [7, 11) is 0. The first-order chi connectivity index (χ1) is 5.43. The lowest BCUT2D eigenvalue weighted by Gasteiger charge is -2.12. The molecule has 2 nitrogen and oxygen atoms in total. The fraction of sp³-hybridized carbons (Fsp3) is 1.00. The van der Waals surface area contributed by atoms with Crippen LogP contribution in [0.4, 0.5) is 0 Å². The zero-order chi connectivity index (χ0) is 7.94. The maximum absolute atomic E-state index is 4.51. The van der Waals surface area contributed by atoms with Crippen molar-refractivity contribution in [1.82, 2.24) is 4.90 Å². The zero-order valence-electron chi connectivity index (χ0n) is 6.96. The number of hydrogen-bond donors (Lipinski definition) is 0. The van der Waals surface area contributed by atoms with Gasteiger partial charge in [0.05, 0.1) is 6.54 Å². The predicted octanol–water partition coefficient (Wildman–Crippen LogP) is 1.59. The molecular weight excluding hydrogens is 156 g/mol. The summed E-state index contributed by atoms with van der Waals surface area (Å²) < 4.78 is 3.66. The molecule has 0 aromatic heterocycles. The van der Waals surface area contributed by atoms with Crippen LogP contribution in [0, 0.1) is 0 Å². The van der Waals surface area contributed by atoms with Gasteiger partial charge in [-0.05, 0) is 45.3 Å². The van der Waals surface area contributed by atoms with E-state index >= 15 is 0 Å². The second-order valence-corrected chi connectivity index (χ2v) is 3.37. The van der Waals surface area contributed by atoms with Crippen LogP contribution in [0.3, 0.4) is 0 Å². The number of nitrogens with zero attached hydrogens (tertiary/aromatic N) is 2. The molecule has 0 radical (unpaired) electrons. The lowest BCUT2D eigenvalue weighted by molar-refractivity contribution is 0.331. The minimum absolute atomic E-state index is 0.864. The average Bonchev–Trinajstić information content (AvgIpc) is 2.50. The van der Waals surface area contributed by atoms with Crippen molar-refractivity contribution in [3.05, 3.63) is 0 Å². The van der Waals surface area contributed by atoms with Gasteiger partial charge in [0.15, 0.2) is 0 Å². The minimum atomic E-state index is 0.864. The molecule has 1 rings (SSSR count). The lowest BCUT2D eigenvalue weighted by Crippen LogP contribution is -2.20. The first-order valence-electron chi connectivity index (χ1n) is 4.45. The Bertz CT molecular complexity index is 111. The van der Waals surface area contributed by atoms with Crippen molar-refractivity contribution in [3.8, 4) is 0 Å². The average molecular weight is 172 g/mol. The van der Waals surface area contributed by atoms with Gasteiger partial charge in [-0.3, -0.25) is 0 Å². The highest BCUT2D eigenvalue weighted by Gasteiger charge is 2.09. The Hall–Kier alpha value is -0.0200. The third-order valence-electron chi connectivity index (χ3n) is 2.17. The van der Waals surface area contributed by atoms with Gasteiger partial charge < -0.3 is 4.90 Å². The first kappa shape index (κ1) is 9.07. The van der Waals surface area contributed by atoms with Gasteiger partial charge in [0, 0.05) is 12.4 Å². The summed E-state index contributed by atoms with van der Waals surface area (Å²) >= 11 is 4.51. The molecule has 0 bridgehead atoms. The zero-order valence-corrected chi connectivity index (χ0v) is 7.78. The molecule has 0 N–H and O–H groups in total. The van der Waals surface area contributed by atoms with Gasteiger partial charge >= 0.3 is 0 Å². The Morgan fingerprint density at radius 3 is 2.55 bits per heavy atom. The van der Waals surface area contributed by atoms with Crippen molar-refractivity contribution in [2.24, 2.45) is 4.36 Å². The van der Waals surface area contributed by atoms with Gasteiger partial charge in [0.25, 0.3) is 0 Å². The molecule has 0 spiro atoms. The molecule has 3 heteroatoms. The van der Waals surface area contributed by atoms with E-state index in [4.69, 9.17) is 0 Å². The smallest absolute Gasteiger partial charge is 0.0521 e. The molecule has 1 aliphatic rings. The van der Waals surface area contributed by atoms with Crippen molar-refractivity contribution in [2.45, 2.75) is 25.7 Å². The molecule has 0 amide bonds. The van der Waals surface area contributed by atoms with E-state index < -0.39 is 0 Å². The highest BCUT2D eigenvalue weighted by Crippen LogP contribution is 2.07. The van der Waals surface area contributed by atoms with Crippen molar-refractivity contribution in [1.29, 1.82) is 0 Å². The third kappa shape index (κ3) is 3.77. The summed E-state index contributed by atoms with van der Waals surface area (Å²) in [4.78, 5) is 2.53.